The molecule has 1 saturated carbocycles. The fourth-order valence-corrected chi connectivity index (χ4v) is 3.63. The molecule has 0 radical (unpaired) electrons. The standard InChI is InChI=1S/C21H25N3O3/c1-14(20(26)22-16-7-8-16)23-10-12-24(13-11-23)21(27)18-9-6-15-4-2-3-5-17(15)19(18)25/h2-6,9,14,16,25H,7-8,10-13H2,1H3,(H,22,26). The number of phenols is 1. The minimum atomic E-state index is -0.183. The summed E-state index contributed by atoms with van der Waals surface area (Å²) in [4.78, 5) is 29.0. The number of amides is 2. The summed E-state index contributed by atoms with van der Waals surface area (Å²) < 4.78 is 0. The Hall–Kier alpha value is -2.60. The first-order chi connectivity index (χ1) is 13.0. The van der Waals surface area contributed by atoms with Crippen LogP contribution in [0.15, 0.2) is 36.4 Å². The molecule has 6 nitrogen and oxygen atoms in total. The van der Waals surface area contributed by atoms with E-state index in [1.165, 1.54) is 0 Å². The number of hydrogen-bond donors (Lipinski definition) is 2. The minimum absolute atomic E-state index is 0.0395. The van der Waals surface area contributed by atoms with Crippen LogP contribution in [0.1, 0.15) is 30.1 Å². The third-order valence-corrected chi connectivity index (χ3v) is 5.58. The van der Waals surface area contributed by atoms with E-state index in [0.717, 1.165) is 18.2 Å². The van der Waals surface area contributed by atoms with E-state index in [1.807, 2.05) is 37.3 Å². The molecule has 0 bridgehead atoms. The van der Waals surface area contributed by atoms with Crippen LogP contribution in [0.25, 0.3) is 10.8 Å². The number of benzene rings is 2. The first-order valence-corrected chi connectivity index (χ1v) is 9.59. The molecule has 142 valence electrons. The van der Waals surface area contributed by atoms with Crippen molar-refractivity contribution < 1.29 is 14.7 Å². The van der Waals surface area contributed by atoms with Gasteiger partial charge in [-0.1, -0.05) is 30.3 Å². The molecule has 1 saturated heterocycles. The van der Waals surface area contributed by atoms with E-state index in [-0.39, 0.29) is 23.6 Å². The molecule has 0 spiro atoms. The Balaban J connectivity index is 1.41. The zero-order chi connectivity index (χ0) is 19.0. The van der Waals surface area contributed by atoms with Crippen molar-refractivity contribution in [1.82, 2.24) is 15.1 Å². The number of carbonyl (C=O) groups excluding carboxylic acids is 2. The topological polar surface area (TPSA) is 72.9 Å². The van der Waals surface area contributed by atoms with Crippen molar-refractivity contribution in [3.8, 4) is 5.75 Å². The van der Waals surface area contributed by atoms with Gasteiger partial charge in [-0.3, -0.25) is 14.5 Å². The fraction of sp³-hybridized carbons (Fsp3) is 0.429. The van der Waals surface area contributed by atoms with Crippen molar-refractivity contribution >= 4 is 22.6 Å². The van der Waals surface area contributed by atoms with Gasteiger partial charge in [0.25, 0.3) is 5.91 Å². The van der Waals surface area contributed by atoms with Gasteiger partial charge in [-0.15, -0.1) is 0 Å². The molecular formula is C21H25N3O3. The Morgan fingerprint density at radius 1 is 1.07 bits per heavy atom. The molecule has 2 N–H and O–H groups in total. The van der Waals surface area contributed by atoms with E-state index in [4.69, 9.17) is 0 Å². The summed E-state index contributed by atoms with van der Waals surface area (Å²) in [6, 6.07) is 11.2. The number of aromatic hydroxyl groups is 1. The van der Waals surface area contributed by atoms with Gasteiger partial charge in [0.15, 0.2) is 0 Å². The van der Waals surface area contributed by atoms with Crippen LogP contribution >= 0.6 is 0 Å². The Morgan fingerprint density at radius 3 is 2.48 bits per heavy atom. The molecule has 2 fully saturated rings. The van der Waals surface area contributed by atoms with Gasteiger partial charge in [0.2, 0.25) is 5.91 Å². The summed E-state index contributed by atoms with van der Waals surface area (Å²) in [5.41, 5.74) is 0.335. The highest BCUT2D eigenvalue weighted by atomic mass is 16.3. The lowest BCUT2D eigenvalue weighted by Gasteiger charge is -2.37. The normalized spacial score (nSPS) is 19.1. The van der Waals surface area contributed by atoms with Gasteiger partial charge < -0.3 is 15.3 Å². The number of nitrogens with one attached hydrogen (secondary N) is 1. The van der Waals surface area contributed by atoms with Gasteiger partial charge in [-0.25, -0.2) is 0 Å². The van der Waals surface area contributed by atoms with Gasteiger partial charge in [0.1, 0.15) is 5.75 Å². The van der Waals surface area contributed by atoms with Crippen LogP contribution in [0, 0.1) is 0 Å². The SMILES string of the molecule is CC(C(=O)NC1CC1)N1CCN(C(=O)c2ccc3ccccc3c2O)CC1. The largest absolute Gasteiger partial charge is 0.506 e. The first-order valence-electron chi connectivity index (χ1n) is 9.59. The maximum atomic E-state index is 12.9. The lowest BCUT2D eigenvalue weighted by Crippen LogP contribution is -2.55. The maximum Gasteiger partial charge on any atom is 0.257 e. The number of hydrogen-bond acceptors (Lipinski definition) is 4. The predicted molar refractivity (Wildman–Crippen MR) is 104 cm³/mol. The van der Waals surface area contributed by atoms with Gasteiger partial charge in [0, 0.05) is 37.6 Å². The summed E-state index contributed by atoms with van der Waals surface area (Å²) in [7, 11) is 0. The summed E-state index contributed by atoms with van der Waals surface area (Å²) in [6.07, 6.45) is 2.16. The van der Waals surface area contributed by atoms with Crippen LogP contribution in [0.2, 0.25) is 0 Å². The zero-order valence-electron chi connectivity index (χ0n) is 15.5. The number of rotatable bonds is 4. The number of phenolic OH excluding ortho intramolecular Hbond substituents is 1. The molecule has 1 heterocycles. The molecule has 1 aliphatic carbocycles. The predicted octanol–water partition coefficient (Wildman–Crippen LogP) is 1.97. The summed E-state index contributed by atoms with van der Waals surface area (Å²) in [5.74, 6) is -0.0462. The maximum absolute atomic E-state index is 12.9. The van der Waals surface area contributed by atoms with E-state index in [2.05, 4.69) is 10.2 Å². The van der Waals surface area contributed by atoms with Crippen LogP contribution in [0.5, 0.6) is 5.75 Å². The van der Waals surface area contributed by atoms with Crippen LogP contribution in [0.3, 0.4) is 0 Å². The molecule has 2 aliphatic rings. The minimum Gasteiger partial charge on any atom is -0.506 e. The Bertz CT molecular complexity index is 870. The van der Waals surface area contributed by atoms with Crippen LogP contribution in [0.4, 0.5) is 0 Å². The molecule has 1 atom stereocenters. The van der Waals surface area contributed by atoms with Crippen molar-refractivity contribution in [3.05, 3.63) is 42.0 Å². The van der Waals surface area contributed by atoms with Crippen molar-refractivity contribution in [2.45, 2.75) is 31.8 Å². The van der Waals surface area contributed by atoms with E-state index < -0.39 is 0 Å². The van der Waals surface area contributed by atoms with Crippen LogP contribution in [-0.4, -0.2) is 65.0 Å². The van der Waals surface area contributed by atoms with Crippen LogP contribution in [-0.2, 0) is 4.79 Å². The second-order valence-electron chi connectivity index (χ2n) is 7.47. The van der Waals surface area contributed by atoms with Crippen molar-refractivity contribution in [1.29, 1.82) is 0 Å². The monoisotopic (exact) mass is 367 g/mol. The third kappa shape index (κ3) is 3.62. The molecule has 1 aliphatic heterocycles. The van der Waals surface area contributed by atoms with E-state index >= 15 is 0 Å². The van der Waals surface area contributed by atoms with Gasteiger partial charge in [-0.05, 0) is 31.2 Å². The highest BCUT2D eigenvalue weighted by molar-refractivity contribution is 6.03. The summed E-state index contributed by atoms with van der Waals surface area (Å²) in [5, 5.41) is 15.2. The lowest BCUT2D eigenvalue weighted by atomic mass is 10.0. The fourth-order valence-electron chi connectivity index (χ4n) is 3.63. The first kappa shape index (κ1) is 17.8. The molecule has 2 amide bonds. The smallest absolute Gasteiger partial charge is 0.257 e. The van der Waals surface area contributed by atoms with E-state index in [9.17, 15) is 14.7 Å². The molecule has 2 aromatic carbocycles. The van der Waals surface area contributed by atoms with Crippen molar-refractivity contribution in [2.24, 2.45) is 0 Å². The third-order valence-electron chi connectivity index (χ3n) is 5.58. The van der Waals surface area contributed by atoms with Crippen LogP contribution < -0.4 is 5.32 Å². The number of fused-ring (bicyclic) bond motifs is 1. The van der Waals surface area contributed by atoms with Crippen molar-refractivity contribution in [2.75, 3.05) is 26.2 Å². The van der Waals surface area contributed by atoms with E-state index in [0.29, 0.717) is 43.2 Å². The molecule has 27 heavy (non-hydrogen) atoms. The van der Waals surface area contributed by atoms with Crippen molar-refractivity contribution in [3.63, 3.8) is 0 Å². The molecule has 0 aromatic heterocycles. The molecule has 6 heteroatoms. The van der Waals surface area contributed by atoms with Gasteiger partial charge >= 0.3 is 0 Å². The molecule has 2 aromatic rings. The number of carbonyl (C=O) groups is 2. The summed E-state index contributed by atoms with van der Waals surface area (Å²) in [6.45, 7) is 4.32. The summed E-state index contributed by atoms with van der Waals surface area (Å²) >= 11 is 0. The average molecular weight is 367 g/mol. The Morgan fingerprint density at radius 2 is 1.78 bits per heavy atom. The second-order valence-corrected chi connectivity index (χ2v) is 7.47. The molecule has 1 unspecified atom stereocenters. The van der Waals surface area contributed by atoms with Gasteiger partial charge in [-0.2, -0.15) is 0 Å². The quantitative estimate of drug-likeness (QED) is 0.867. The molecular weight excluding hydrogens is 342 g/mol. The number of piperazine rings is 1. The Kier molecular flexibility index (Phi) is 4.74. The lowest BCUT2D eigenvalue weighted by molar-refractivity contribution is -0.126. The van der Waals surface area contributed by atoms with E-state index in [1.54, 1.807) is 11.0 Å². The number of nitrogens with zero attached hydrogens (tertiary/aromatic N) is 2. The molecule has 4 rings (SSSR count). The van der Waals surface area contributed by atoms with Gasteiger partial charge in [0.05, 0.1) is 11.6 Å². The highest BCUT2D eigenvalue weighted by Gasteiger charge is 2.31. The second kappa shape index (κ2) is 7.19. The highest BCUT2D eigenvalue weighted by Crippen LogP contribution is 2.29. The zero-order valence-corrected chi connectivity index (χ0v) is 15.5. The Labute approximate surface area is 158 Å². The average Bonchev–Trinajstić information content (AvgIpc) is 3.51.